The SMILES string of the molecule is COc1cc(Cc2cnc(N)nc2N)cc(C#Cc2ccc3c(=O)c(C(=O)OC(C)CCN(C(C)C)C(C)C)cn(C4CCCCC4)c3c2)c1OC. The van der Waals surface area contributed by atoms with Crippen molar-refractivity contribution in [2.24, 2.45) is 0 Å². The number of aromatic nitrogens is 3. The number of nitrogens with two attached hydrogens (primary N) is 2. The van der Waals surface area contributed by atoms with Gasteiger partial charge in [-0.05, 0) is 89.8 Å². The average molecular weight is 709 g/mol. The summed E-state index contributed by atoms with van der Waals surface area (Å²) in [5.74, 6) is 7.40. The van der Waals surface area contributed by atoms with Crippen LogP contribution in [0.1, 0.15) is 112 Å². The van der Waals surface area contributed by atoms with Crippen LogP contribution in [-0.2, 0) is 11.2 Å². The lowest BCUT2D eigenvalue weighted by Crippen LogP contribution is -2.39. The van der Waals surface area contributed by atoms with Crippen LogP contribution >= 0.6 is 0 Å². The summed E-state index contributed by atoms with van der Waals surface area (Å²) in [6.07, 6.45) is 9.37. The minimum Gasteiger partial charge on any atom is -0.493 e. The average Bonchev–Trinajstić information content (AvgIpc) is 3.11. The van der Waals surface area contributed by atoms with E-state index < -0.39 is 5.97 Å². The van der Waals surface area contributed by atoms with Crippen molar-refractivity contribution in [3.8, 4) is 23.3 Å². The van der Waals surface area contributed by atoms with Gasteiger partial charge < -0.3 is 30.2 Å². The predicted molar refractivity (Wildman–Crippen MR) is 206 cm³/mol. The Morgan fingerprint density at radius 3 is 2.38 bits per heavy atom. The molecule has 0 spiro atoms. The van der Waals surface area contributed by atoms with E-state index in [2.05, 4.69) is 59.0 Å². The second-order valence-electron chi connectivity index (χ2n) is 14.2. The molecular weight excluding hydrogens is 656 g/mol. The van der Waals surface area contributed by atoms with Crippen molar-refractivity contribution in [2.45, 2.75) is 104 Å². The summed E-state index contributed by atoms with van der Waals surface area (Å²) < 4.78 is 19.4. The van der Waals surface area contributed by atoms with Crippen molar-refractivity contribution in [1.82, 2.24) is 19.4 Å². The zero-order valence-corrected chi connectivity index (χ0v) is 31.5. The molecule has 5 rings (SSSR count). The van der Waals surface area contributed by atoms with Crippen LogP contribution in [0, 0.1) is 11.8 Å². The van der Waals surface area contributed by atoms with E-state index in [1.807, 2.05) is 31.2 Å². The molecule has 1 saturated carbocycles. The van der Waals surface area contributed by atoms with E-state index in [4.69, 9.17) is 25.7 Å². The normalized spacial score (nSPS) is 14.0. The molecule has 276 valence electrons. The summed E-state index contributed by atoms with van der Waals surface area (Å²) in [4.78, 5) is 38.0. The molecule has 1 aliphatic carbocycles. The molecule has 0 aliphatic heterocycles. The minimum absolute atomic E-state index is 0.0640. The number of benzene rings is 2. The molecule has 0 radical (unpaired) electrons. The lowest BCUT2D eigenvalue weighted by atomic mass is 9.94. The highest BCUT2D eigenvalue weighted by molar-refractivity contribution is 5.94. The molecule has 2 heterocycles. The van der Waals surface area contributed by atoms with Crippen molar-refractivity contribution < 1.29 is 19.0 Å². The number of hydrogen-bond donors (Lipinski definition) is 2. The molecule has 4 aromatic rings. The molecule has 11 nitrogen and oxygen atoms in total. The number of carbonyl (C=O) groups is 1. The molecule has 2 aromatic carbocycles. The van der Waals surface area contributed by atoms with Gasteiger partial charge in [0.05, 0.1) is 25.3 Å². The first-order valence-electron chi connectivity index (χ1n) is 18.2. The van der Waals surface area contributed by atoms with E-state index in [0.717, 1.165) is 48.9 Å². The van der Waals surface area contributed by atoms with Gasteiger partial charge in [0.25, 0.3) is 0 Å². The molecule has 1 aliphatic rings. The first kappa shape index (κ1) is 38.2. The molecule has 0 bridgehead atoms. The van der Waals surface area contributed by atoms with E-state index in [-0.39, 0.29) is 29.1 Å². The first-order valence-corrected chi connectivity index (χ1v) is 18.2. The second kappa shape index (κ2) is 17.0. The Labute approximate surface area is 306 Å². The maximum Gasteiger partial charge on any atom is 0.343 e. The van der Waals surface area contributed by atoms with Gasteiger partial charge in [-0.25, -0.2) is 9.78 Å². The fourth-order valence-corrected chi connectivity index (χ4v) is 7.13. The molecule has 1 fully saturated rings. The monoisotopic (exact) mass is 708 g/mol. The van der Waals surface area contributed by atoms with Gasteiger partial charge in [0.2, 0.25) is 11.4 Å². The van der Waals surface area contributed by atoms with Crippen LogP contribution in [-0.4, -0.2) is 64.4 Å². The number of ether oxygens (including phenoxy) is 3. The van der Waals surface area contributed by atoms with Gasteiger partial charge in [-0.3, -0.25) is 9.69 Å². The number of pyridine rings is 1. The molecular formula is C41H52N6O5. The number of nitrogen functional groups attached to an aromatic ring is 2. The molecule has 52 heavy (non-hydrogen) atoms. The summed E-state index contributed by atoms with van der Waals surface area (Å²) in [6.45, 7) is 11.4. The van der Waals surface area contributed by atoms with Crippen LogP contribution in [0.3, 0.4) is 0 Å². The lowest BCUT2D eigenvalue weighted by molar-refractivity contribution is 0.0280. The topological polar surface area (TPSA) is 148 Å². The van der Waals surface area contributed by atoms with Gasteiger partial charge in [-0.1, -0.05) is 31.1 Å². The quantitative estimate of drug-likeness (QED) is 0.123. The highest BCUT2D eigenvalue weighted by atomic mass is 16.5. The highest BCUT2D eigenvalue weighted by Crippen LogP contribution is 2.34. The third-order valence-electron chi connectivity index (χ3n) is 9.84. The van der Waals surface area contributed by atoms with Gasteiger partial charge in [-0.2, -0.15) is 4.98 Å². The zero-order valence-electron chi connectivity index (χ0n) is 31.5. The summed E-state index contributed by atoms with van der Waals surface area (Å²) in [6, 6.07) is 10.2. The number of esters is 1. The second-order valence-corrected chi connectivity index (χ2v) is 14.2. The van der Waals surface area contributed by atoms with Crippen LogP contribution in [0.5, 0.6) is 11.5 Å². The summed E-state index contributed by atoms with van der Waals surface area (Å²) in [5, 5.41) is 0.466. The maximum atomic E-state index is 13.9. The van der Waals surface area contributed by atoms with E-state index in [0.29, 0.717) is 58.8 Å². The zero-order chi connectivity index (χ0) is 37.5. The van der Waals surface area contributed by atoms with Crippen LogP contribution in [0.15, 0.2) is 47.5 Å². The third kappa shape index (κ3) is 8.86. The van der Waals surface area contributed by atoms with Gasteiger partial charge in [0.1, 0.15) is 17.5 Å². The Bertz CT molecular complexity index is 2010. The Morgan fingerprint density at radius 1 is 1.00 bits per heavy atom. The number of nitrogens with zero attached hydrogens (tertiary/aromatic N) is 4. The Kier molecular flexibility index (Phi) is 12.4. The first-order chi connectivity index (χ1) is 24.9. The number of carbonyl (C=O) groups excluding carboxylic acids is 1. The van der Waals surface area contributed by atoms with Crippen molar-refractivity contribution >= 4 is 28.6 Å². The maximum absolute atomic E-state index is 13.9. The van der Waals surface area contributed by atoms with E-state index in [9.17, 15) is 9.59 Å². The Hall–Kier alpha value is -5.08. The van der Waals surface area contributed by atoms with E-state index in [1.165, 1.54) is 6.42 Å². The van der Waals surface area contributed by atoms with Gasteiger partial charge in [-0.15, -0.1) is 0 Å². The lowest BCUT2D eigenvalue weighted by Gasteiger charge is -2.31. The van der Waals surface area contributed by atoms with Crippen LogP contribution in [0.25, 0.3) is 10.9 Å². The number of anilines is 2. The third-order valence-corrected chi connectivity index (χ3v) is 9.84. The smallest absolute Gasteiger partial charge is 0.343 e. The Morgan fingerprint density at radius 2 is 1.73 bits per heavy atom. The van der Waals surface area contributed by atoms with Gasteiger partial charge in [0, 0.05) is 60.0 Å². The molecule has 0 saturated heterocycles. The largest absolute Gasteiger partial charge is 0.493 e. The number of fused-ring (bicyclic) bond motifs is 1. The molecule has 11 heteroatoms. The summed E-state index contributed by atoms with van der Waals surface area (Å²) >= 11 is 0. The summed E-state index contributed by atoms with van der Waals surface area (Å²) in [5.41, 5.74) is 15.2. The number of methoxy groups -OCH3 is 2. The number of rotatable bonds is 12. The molecule has 1 atom stereocenters. The van der Waals surface area contributed by atoms with Gasteiger partial charge >= 0.3 is 5.97 Å². The highest BCUT2D eigenvalue weighted by Gasteiger charge is 2.24. The minimum atomic E-state index is -0.582. The fourth-order valence-electron chi connectivity index (χ4n) is 7.13. The van der Waals surface area contributed by atoms with E-state index in [1.54, 1.807) is 32.7 Å². The molecule has 4 N–H and O–H groups in total. The van der Waals surface area contributed by atoms with Crippen LogP contribution < -0.4 is 26.4 Å². The predicted octanol–water partition coefficient (Wildman–Crippen LogP) is 6.52. The van der Waals surface area contributed by atoms with Crippen molar-refractivity contribution in [3.05, 3.63) is 80.8 Å². The van der Waals surface area contributed by atoms with Gasteiger partial charge in [0.15, 0.2) is 11.5 Å². The fraction of sp³-hybridized carbons (Fsp3) is 0.463. The van der Waals surface area contributed by atoms with Crippen LogP contribution in [0.2, 0.25) is 0 Å². The van der Waals surface area contributed by atoms with Crippen molar-refractivity contribution in [1.29, 1.82) is 0 Å². The Balaban J connectivity index is 1.49. The van der Waals surface area contributed by atoms with Crippen LogP contribution in [0.4, 0.5) is 11.8 Å². The van der Waals surface area contributed by atoms with Crippen molar-refractivity contribution in [2.75, 3.05) is 32.2 Å². The summed E-state index contributed by atoms with van der Waals surface area (Å²) in [7, 11) is 3.15. The molecule has 0 amide bonds. The van der Waals surface area contributed by atoms with E-state index >= 15 is 0 Å². The van der Waals surface area contributed by atoms with Crippen molar-refractivity contribution in [3.63, 3.8) is 0 Å². The molecule has 2 aromatic heterocycles. The number of hydrogen-bond acceptors (Lipinski definition) is 10. The molecule has 1 unspecified atom stereocenters. The standard InChI is InChI=1S/C41H52N6O5/c1-25(2)46(26(3)4)18-17-27(5)52-40(49)34-24-47(32-11-9-8-10-12-32)35-21-28(14-16-33(35)37(34)48)13-15-30-19-29(22-36(50-6)38(30)51-7)20-31-23-44-41(43)45-39(31)42/h14,16,19,21-27,32H,8-12,17-18,20H2,1-7H3,(H4,42,43,44,45).